The van der Waals surface area contributed by atoms with Gasteiger partial charge in [-0.2, -0.15) is 0 Å². The minimum Gasteiger partial charge on any atom is -0.399 e. The van der Waals surface area contributed by atoms with Crippen molar-refractivity contribution in [1.82, 2.24) is 0 Å². The van der Waals surface area contributed by atoms with Crippen molar-refractivity contribution < 1.29 is 9.53 Å². The average molecular weight is 263 g/mol. The van der Waals surface area contributed by atoms with Gasteiger partial charge < -0.3 is 21.5 Å². The van der Waals surface area contributed by atoms with Crippen LogP contribution in [0.1, 0.15) is 30.1 Å². The Kier molecular flexibility index (Phi) is 4.27. The van der Waals surface area contributed by atoms with Gasteiger partial charge >= 0.3 is 0 Å². The number of carbonyl (C=O) groups is 1. The monoisotopic (exact) mass is 263 g/mol. The molecular formula is C14H21N3O2. The molecule has 0 spiro atoms. The van der Waals surface area contributed by atoms with E-state index in [0.29, 0.717) is 23.3 Å². The van der Waals surface area contributed by atoms with E-state index in [0.717, 1.165) is 31.7 Å². The van der Waals surface area contributed by atoms with Crippen LogP contribution in [-0.2, 0) is 4.74 Å². The SMILES string of the molecule is CCC1OCCC1CNc1ccc(N)cc1C(N)=O. The Labute approximate surface area is 113 Å². The van der Waals surface area contributed by atoms with Gasteiger partial charge in [0.05, 0.1) is 11.7 Å². The quantitative estimate of drug-likeness (QED) is 0.704. The predicted molar refractivity (Wildman–Crippen MR) is 76.0 cm³/mol. The molecule has 0 aromatic heterocycles. The molecule has 2 rings (SSSR count). The van der Waals surface area contributed by atoms with Crippen LogP contribution >= 0.6 is 0 Å². The van der Waals surface area contributed by atoms with Gasteiger partial charge in [0.15, 0.2) is 0 Å². The predicted octanol–water partition coefficient (Wildman–Crippen LogP) is 1.59. The minimum absolute atomic E-state index is 0.304. The van der Waals surface area contributed by atoms with E-state index in [1.807, 2.05) is 0 Å². The maximum absolute atomic E-state index is 11.4. The van der Waals surface area contributed by atoms with Crippen LogP contribution in [0.15, 0.2) is 18.2 Å². The number of anilines is 2. The van der Waals surface area contributed by atoms with Gasteiger partial charge in [0, 0.05) is 30.4 Å². The zero-order chi connectivity index (χ0) is 13.8. The molecule has 1 aromatic carbocycles. The summed E-state index contributed by atoms with van der Waals surface area (Å²) in [5.74, 6) is 0.00722. The molecule has 1 aliphatic rings. The van der Waals surface area contributed by atoms with E-state index in [9.17, 15) is 4.79 Å². The molecule has 1 aliphatic heterocycles. The first-order chi connectivity index (χ1) is 9.11. The molecule has 5 heteroatoms. The average Bonchev–Trinajstić information content (AvgIpc) is 2.84. The molecule has 1 aromatic rings. The van der Waals surface area contributed by atoms with Crippen LogP contribution < -0.4 is 16.8 Å². The van der Waals surface area contributed by atoms with Crippen LogP contribution in [0.3, 0.4) is 0 Å². The van der Waals surface area contributed by atoms with Crippen molar-refractivity contribution in [3.63, 3.8) is 0 Å². The second-order valence-corrected chi connectivity index (χ2v) is 4.92. The third kappa shape index (κ3) is 3.17. The number of nitrogens with one attached hydrogen (secondary N) is 1. The lowest BCUT2D eigenvalue weighted by Gasteiger charge is -2.19. The molecule has 0 radical (unpaired) electrons. The lowest BCUT2D eigenvalue weighted by atomic mass is 9.99. The van der Waals surface area contributed by atoms with Crippen LogP contribution in [0.4, 0.5) is 11.4 Å². The molecule has 5 N–H and O–H groups in total. The summed E-state index contributed by atoms with van der Waals surface area (Å²) in [5.41, 5.74) is 12.7. The van der Waals surface area contributed by atoms with Gasteiger partial charge in [-0.25, -0.2) is 0 Å². The number of hydrogen-bond donors (Lipinski definition) is 3. The van der Waals surface area contributed by atoms with Gasteiger partial charge in [0.25, 0.3) is 5.91 Å². The maximum Gasteiger partial charge on any atom is 0.250 e. The molecule has 1 heterocycles. The van der Waals surface area contributed by atoms with Crippen LogP contribution in [0.25, 0.3) is 0 Å². The number of carbonyl (C=O) groups excluding carboxylic acids is 1. The summed E-state index contributed by atoms with van der Waals surface area (Å²) >= 11 is 0. The van der Waals surface area contributed by atoms with E-state index >= 15 is 0 Å². The van der Waals surface area contributed by atoms with E-state index < -0.39 is 5.91 Å². The summed E-state index contributed by atoms with van der Waals surface area (Å²) in [6.07, 6.45) is 2.36. The molecule has 1 fully saturated rings. The Balaban J connectivity index is 2.05. The molecule has 1 amide bonds. The molecular weight excluding hydrogens is 242 g/mol. The Morgan fingerprint density at radius 1 is 1.53 bits per heavy atom. The lowest BCUT2D eigenvalue weighted by Crippen LogP contribution is -2.24. The Morgan fingerprint density at radius 3 is 3.00 bits per heavy atom. The van der Waals surface area contributed by atoms with E-state index in [1.165, 1.54) is 0 Å². The number of rotatable bonds is 5. The van der Waals surface area contributed by atoms with Crippen molar-refractivity contribution in [3.05, 3.63) is 23.8 Å². The van der Waals surface area contributed by atoms with E-state index in [1.54, 1.807) is 18.2 Å². The summed E-state index contributed by atoms with van der Waals surface area (Å²) in [5, 5.41) is 3.29. The van der Waals surface area contributed by atoms with Gasteiger partial charge in [0.2, 0.25) is 0 Å². The molecule has 1 saturated heterocycles. The van der Waals surface area contributed by atoms with Crippen LogP contribution in [-0.4, -0.2) is 25.2 Å². The molecule has 2 atom stereocenters. The Morgan fingerprint density at radius 2 is 2.32 bits per heavy atom. The Hall–Kier alpha value is -1.75. The molecule has 5 nitrogen and oxygen atoms in total. The van der Waals surface area contributed by atoms with Crippen molar-refractivity contribution in [1.29, 1.82) is 0 Å². The van der Waals surface area contributed by atoms with Gasteiger partial charge in [0.1, 0.15) is 0 Å². The Bertz CT molecular complexity index is 462. The molecule has 0 aliphatic carbocycles. The zero-order valence-electron chi connectivity index (χ0n) is 11.2. The van der Waals surface area contributed by atoms with Crippen LogP contribution in [0.5, 0.6) is 0 Å². The van der Waals surface area contributed by atoms with Crippen molar-refractivity contribution in [2.45, 2.75) is 25.9 Å². The first-order valence-electron chi connectivity index (χ1n) is 6.66. The largest absolute Gasteiger partial charge is 0.399 e. The topological polar surface area (TPSA) is 90.4 Å². The number of nitrogen functional groups attached to an aromatic ring is 1. The minimum atomic E-state index is -0.468. The second-order valence-electron chi connectivity index (χ2n) is 4.92. The van der Waals surface area contributed by atoms with Crippen molar-refractivity contribution in [3.8, 4) is 0 Å². The summed E-state index contributed by atoms with van der Waals surface area (Å²) in [6, 6.07) is 5.16. The maximum atomic E-state index is 11.4. The zero-order valence-corrected chi connectivity index (χ0v) is 11.2. The fourth-order valence-corrected chi connectivity index (χ4v) is 2.54. The number of ether oxygens (including phenoxy) is 1. The first kappa shape index (κ1) is 13.7. The number of hydrogen-bond acceptors (Lipinski definition) is 4. The highest BCUT2D eigenvalue weighted by Gasteiger charge is 2.26. The summed E-state index contributed by atoms with van der Waals surface area (Å²) < 4.78 is 5.65. The van der Waals surface area contributed by atoms with Gasteiger partial charge in [-0.1, -0.05) is 6.92 Å². The van der Waals surface area contributed by atoms with Crippen molar-refractivity contribution in [2.75, 3.05) is 24.2 Å². The molecule has 0 saturated carbocycles. The summed E-state index contributed by atoms with van der Waals surface area (Å²) in [4.78, 5) is 11.4. The molecule has 2 unspecified atom stereocenters. The fraction of sp³-hybridized carbons (Fsp3) is 0.500. The lowest BCUT2D eigenvalue weighted by molar-refractivity contribution is 0.0900. The van der Waals surface area contributed by atoms with E-state index in [2.05, 4.69) is 12.2 Å². The number of nitrogens with two attached hydrogens (primary N) is 2. The van der Waals surface area contributed by atoms with Crippen molar-refractivity contribution >= 4 is 17.3 Å². The smallest absolute Gasteiger partial charge is 0.250 e. The van der Waals surface area contributed by atoms with Gasteiger partial charge in [-0.3, -0.25) is 4.79 Å². The molecule has 19 heavy (non-hydrogen) atoms. The summed E-state index contributed by atoms with van der Waals surface area (Å²) in [6.45, 7) is 3.72. The van der Waals surface area contributed by atoms with Crippen LogP contribution in [0, 0.1) is 5.92 Å². The fourth-order valence-electron chi connectivity index (χ4n) is 2.54. The van der Waals surface area contributed by atoms with Crippen molar-refractivity contribution in [2.24, 2.45) is 11.7 Å². The van der Waals surface area contributed by atoms with E-state index in [-0.39, 0.29) is 0 Å². The van der Waals surface area contributed by atoms with E-state index in [4.69, 9.17) is 16.2 Å². The highest BCUT2D eigenvalue weighted by molar-refractivity contribution is 5.99. The summed E-state index contributed by atoms with van der Waals surface area (Å²) in [7, 11) is 0. The second kappa shape index (κ2) is 5.93. The van der Waals surface area contributed by atoms with Gasteiger partial charge in [-0.15, -0.1) is 0 Å². The number of benzene rings is 1. The standard InChI is InChI=1S/C14H21N3O2/c1-2-13-9(5-6-19-13)8-17-12-4-3-10(15)7-11(12)14(16)18/h3-4,7,9,13,17H,2,5-6,8,15H2,1H3,(H2,16,18). The normalized spacial score (nSPS) is 22.4. The third-order valence-corrected chi connectivity index (χ3v) is 3.61. The third-order valence-electron chi connectivity index (χ3n) is 3.61. The van der Waals surface area contributed by atoms with Gasteiger partial charge in [-0.05, 0) is 31.0 Å². The first-order valence-corrected chi connectivity index (χ1v) is 6.66. The number of primary amides is 1. The highest BCUT2D eigenvalue weighted by atomic mass is 16.5. The number of amides is 1. The highest BCUT2D eigenvalue weighted by Crippen LogP contribution is 2.25. The van der Waals surface area contributed by atoms with Crippen LogP contribution in [0.2, 0.25) is 0 Å². The molecule has 104 valence electrons. The molecule has 0 bridgehead atoms.